The van der Waals surface area contributed by atoms with Gasteiger partial charge in [-0.25, -0.2) is 5.01 Å². The lowest BCUT2D eigenvalue weighted by Crippen LogP contribution is -2.51. The largest absolute Gasteiger partial charge is 0.484 e. The summed E-state index contributed by atoms with van der Waals surface area (Å²) in [4.78, 5) is 2.22. The normalized spacial score (nSPS) is 20.1. The van der Waals surface area contributed by atoms with Crippen LogP contribution < -0.4 is 10.2 Å². The molecule has 2 atom stereocenters. The number of para-hydroxylation sites is 1. The number of piperidine rings is 1. The molecule has 4 nitrogen and oxygen atoms in total. The van der Waals surface area contributed by atoms with Gasteiger partial charge in [0.1, 0.15) is 5.75 Å². The predicted octanol–water partition coefficient (Wildman–Crippen LogP) is 4.82. The van der Waals surface area contributed by atoms with Crippen LogP contribution in [0.25, 0.3) is 0 Å². The van der Waals surface area contributed by atoms with Crippen LogP contribution in [0.15, 0.2) is 54.6 Å². The standard InChI is InChI=1S/C22H28F3N3O.ClH/c1-27(2)19-12-13-20(17-8-4-3-5-9-17)28(15-19)26-14-18-10-6-7-11-21(18)29-16-22(23,24)25;/h3-11,19-20,26H,12-16H2,1-2H3;1H. The molecule has 3 rings (SSSR count). The molecule has 1 aliphatic heterocycles. The number of nitrogens with zero attached hydrogens (tertiary/aromatic N) is 2. The molecule has 30 heavy (non-hydrogen) atoms. The van der Waals surface area contributed by atoms with Gasteiger partial charge in [0.15, 0.2) is 6.61 Å². The first-order chi connectivity index (χ1) is 13.8. The Morgan fingerprint density at radius 1 is 1.03 bits per heavy atom. The molecule has 0 spiro atoms. The van der Waals surface area contributed by atoms with Crippen molar-refractivity contribution in [1.82, 2.24) is 15.3 Å². The summed E-state index contributed by atoms with van der Waals surface area (Å²) in [6.07, 6.45) is -2.26. The van der Waals surface area contributed by atoms with E-state index in [1.165, 1.54) is 5.56 Å². The van der Waals surface area contributed by atoms with Crippen LogP contribution in [0.3, 0.4) is 0 Å². The van der Waals surface area contributed by atoms with Crippen LogP contribution in [-0.4, -0.2) is 49.4 Å². The molecule has 1 aliphatic rings. The highest BCUT2D eigenvalue weighted by Crippen LogP contribution is 2.31. The maximum Gasteiger partial charge on any atom is 0.422 e. The smallest absolute Gasteiger partial charge is 0.422 e. The van der Waals surface area contributed by atoms with E-state index in [1.54, 1.807) is 18.2 Å². The van der Waals surface area contributed by atoms with Crippen LogP contribution in [0.1, 0.15) is 30.0 Å². The minimum Gasteiger partial charge on any atom is -0.484 e. The van der Waals surface area contributed by atoms with E-state index in [4.69, 9.17) is 4.74 Å². The lowest BCUT2D eigenvalue weighted by atomic mass is 9.93. The van der Waals surface area contributed by atoms with Crippen LogP contribution >= 0.6 is 12.4 Å². The number of halogens is 4. The van der Waals surface area contributed by atoms with Crippen LogP contribution in [0.4, 0.5) is 13.2 Å². The predicted molar refractivity (Wildman–Crippen MR) is 115 cm³/mol. The van der Waals surface area contributed by atoms with Gasteiger partial charge in [0.2, 0.25) is 0 Å². The van der Waals surface area contributed by atoms with Crippen molar-refractivity contribution in [2.24, 2.45) is 0 Å². The van der Waals surface area contributed by atoms with E-state index in [1.807, 2.05) is 24.3 Å². The number of hydrazine groups is 1. The zero-order chi connectivity index (χ0) is 20.9. The lowest BCUT2D eigenvalue weighted by Gasteiger charge is -2.42. The lowest BCUT2D eigenvalue weighted by molar-refractivity contribution is -0.153. The van der Waals surface area contributed by atoms with Crippen LogP contribution in [0.2, 0.25) is 0 Å². The molecule has 0 radical (unpaired) electrons. The molecule has 166 valence electrons. The van der Waals surface area contributed by atoms with Crippen molar-refractivity contribution in [1.29, 1.82) is 0 Å². The molecule has 0 aromatic heterocycles. The first-order valence-electron chi connectivity index (χ1n) is 9.82. The van der Waals surface area contributed by atoms with Crippen molar-refractivity contribution >= 4 is 12.4 Å². The van der Waals surface area contributed by atoms with E-state index >= 15 is 0 Å². The molecule has 1 fully saturated rings. The van der Waals surface area contributed by atoms with E-state index in [0.717, 1.165) is 19.4 Å². The molecule has 2 unspecified atom stereocenters. The van der Waals surface area contributed by atoms with Gasteiger partial charge in [-0.1, -0.05) is 48.5 Å². The fourth-order valence-corrected chi connectivity index (χ4v) is 3.71. The van der Waals surface area contributed by atoms with Gasteiger partial charge in [-0.15, -0.1) is 12.4 Å². The Hall–Kier alpha value is -1.80. The number of benzene rings is 2. The Balaban J connectivity index is 0.00000320. The van der Waals surface area contributed by atoms with E-state index in [-0.39, 0.29) is 24.2 Å². The average Bonchev–Trinajstić information content (AvgIpc) is 2.71. The van der Waals surface area contributed by atoms with Crippen molar-refractivity contribution in [2.75, 3.05) is 27.2 Å². The Kier molecular flexibility index (Phi) is 8.97. The van der Waals surface area contributed by atoms with Crippen LogP contribution in [0, 0.1) is 0 Å². The summed E-state index contributed by atoms with van der Waals surface area (Å²) in [6, 6.07) is 17.8. The van der Waals surface area contributed by atoms with Crippen LogP contribution in [-0.2, 0) is 6.54 Å². The number of likely N-dealkylation sites (N-methyl/N-ethyl adjacent to an activating group) is 1. The highest BCUT2D eigenvalue weighted by molar-refractivity contribution is 5.85. The van der Waals surface area contributed by atoms with Gasteiger partial charge in [-0.3, -0.25) is 5.43 Å². The monoisotopic (exact) mass is 443 g/mol. The van der Waals surface area contributed by atoms with E-state index in [0.29, 0.717) is 18.2 Å². The summed E-state index contributed by atoms with van der Waals surface area (Å²) in [7, 11) is 4.15. The number of alkyl halides is 3. The van der Waals surface area contributed by atoms with Gasteiger partial charge in [0, 0.05) is 30.7 Å². The molecular formula is C22H29ClF3N3O. The molecule has 1 N–H and O–H groups in total. The minimum atomic E-state index is -4.36. The molecule has 0 aliphatic carbocycles. The molecule has 0 amide bonds. The zero-order valence-corrected chi connectivity index (χ0v) is 18.0. The van der Waals surface area contributed by atoms with Crippen molar-refractivity contribution in [3.63, 3.8) is 0 Å². The third-order valence-corrected chi connectivity index (χ3v) is 5.31. The average molecular weight is 444 g/mol. The minimum absolute atomic E-state index is 0. The Bertz CT molecular complexity index is 774. The molecule has 0 bridgehead atoms. The Labute approximate surface area is 182 Å². The van der Waals surface area contributed by atoms with Gasteiger partial charge in [0.05, 0.1) is 0 Å². The quantitative estimate of drug-likeness (QED) is 0.664. The van der Waals surface area contributed by atoms with Gasteiger partial charge in [0.25, 0.3) is 0 Å². The number of nitrogens with one attached hydrogen (secondary N) is 1. The molecule has 0 saturated carbocycles. The summed E-state index contributed by atoms with van der Waals surface area (Å²) < 4.78 is 42.7. The number of rotatable bonds is 7. The molecule has 8 heteroatoms. The van der Waals surface area contributed by atoms with Gasteiger partial charge in [-0.05, 0) is 38.6 Å². The SMILES string of the molecule is CN(C)C1CCC(c2ccccc2)N(NCc2ccccc2OCC(F)(F)F)C1.Cl. The highest BCUT2D eigenvalue weighted by Gasteiger charge is 2.31. The highest BCUT2D eigenvalue weighted by atomic mass is 35.5. The second-order valence-electron chi connectivity index (χ2n) is 7.62. The third kappa shape index (κ3) is 6.87. The second-order valence-corrected chi connectivity index (χ2v) is 7.62. The summed E-state index contributed by atoms with van der Waals surface area (Å²) in [6.45, 7) is -0.0568. The summed E-state index contributed by atoms with van der Waals surface area (Å²) in [5, 5.41) is 2.21. The first kappa shape index (κ1) is 24.5. The molecule has 1 saturated heterocycles. The number of hydrogen-bond acceptors (Lipinski definition) is 4. The van der Waals surface area contributed by atoms with Gasteiger partial charge >= 0.3 is 6.18 Å². The van der Waals surface area contributed by atoms with Crippen molar-refractivity contribution in [2.45, 2.75) is 37.6 Å². The van der Waals surface area contributed by atoms with Crippen molar-refractivity contribution < 1.29 is 17.9 Å². The third-order valence-electron chi connectivity index (χ3n) is 5.31. The fraction of sp³-hybridized carbons (Fsp3) is 0.455. The molecule has 1 heterocycles. The number of ether oxygens (including phenoxy) is 1. The van der Waals surface area contributed by atoms with Crippen molar-refractivity contribution in [3.8, 4) is 5.75 Å². The molecule has 2 aromatic carbocycles. The Morgan fingerprint density at radius 2 is 1.70 bits per heavy atom. The van der Waals surface area contributed by atoms with E-state index in [2.05, 4.69) is 41.6 Å². The number of hydrogen-bond donors (Lipinski definition) is 1. The Morgan fingerprint density at radius 3 is 2.37 bits per heavy atom. The first-order valence-corrected chi connectivity index (χ1v) is 9.82. The van der Waals surface area contributed by atoms with Crippen LogP contribution in [0.5, 0.6) is 5.75 Å². The molecular weight excluding hydrogens is 415 g/mol. The maximum atomic E-state index is 12.6. The second kappa shape index (κ2) is 11.0. The van der Waals surface area contributed by atoms with Gasteiger partial charge < -0.3 is 9.64 Å². The van der Waals surface area contributed by atoms with Crippen molar-refractivity contribution in [3.05, 3.63) is 65.7 Å². The van der Waals surface area contributed by atoms with E-state index < -0.39 is 12.8 Å². The van der Waals surface area contributed by atoms with Gasteiger partial charge in [-0.2, -0.15) is 13.2 Å². The molecule has 2 aromatic rings. The summed E-state index contributed by atoms with van der Waals surface area (Å²) in [5.74, 6) is 0.259. The zero-order valence-electron chi connectivity index (χ0n) is 17.2. The maximum absolute atomic E-state index is 12.6. The summed E-state index contributed by atoms with van der Waals surface area (Å²) in [5.41, 5.74) is 5.39. The fourth-order valence-electron chi connectivity index (χ4n) is 3.71. The van der Waals surface area contributed by atoms with E-state index in [9.17, 15) is 13.2 Å². The summed E-state index contributed by atoms with van der Waals surface area (Å²) >= 11 is 0. The topological polar surface area (TPSA) is 27.7 Å².